The van der Waals surface area contributed by atoms with Crippen LogP contribution in [-0.4, -0.2) is 41.3 Å². The second kappa shape index (κ2) is 6.35. The summed E-state index contributed by atoms with van der Waals surface area (Å²) in [6.45, 7) is 0. The minimum atomic E-state index is -0.575. The zero-order chi connectivity index (χ0) is 11.3. The van der Waals surface area contributed by atoms with Crippen molar-refractivity contribution in [3.63, 3.8) is 0 Å². The first-order valence-electron chi connectivity index (χ1n) is 5.28. The summed E-state index contributed by atoms with van der Waals surface area (Å²) in [5.74, 6) is 0.141. The molecule has 15 heavy (non-hydrogen) atoms. The quantitative estimate of drug-likeness (QED) is 0.693. The van der Waals surface area contributed by atoms with Crippen molar-refractivity contribution in [2.75, 3.05) is 12.9 Å². The summed E-state index contributed by atoms with van der Waals surface area (Å²) in [7, 11) is 1.34. The number of esters is 1. The molecule has 3 N–H and O–H groups in total. The molecule has 0 aliphatic heterocycles. The van der Waals surface area contributed by atoms with Crippen molar-refractivity contribution < 1.29 is 14.6 Å². The van der Waals surface area contributed by atoms with Gasteiger partial charge in [0.25, 0.3) is 0 Å². The van der Waals surface area contributed by atoms with Crippen LogP contribution < -0.4 is 5.73 Å². The summed E-state index contributed by atoms with van der Waals surface area (Å²) in [5, 5.41) is 9.93. The van der Waals surface area contributed by atoms with Crippen LogP contribution in [0.2, 0.25) is 0 Å². The predicted molar refractivity (Wildman–Crippen MR) is 60.7 cm³/mol. The van der Waals surface area contributed by atoms with Crippen LogP contribution in [0.5, 0.6) is 0 Å². The highest BCUT2D eigenvalue weighted by atomic mass is 32.2. The van der Waals surface area contributed by atoms with Crippen molar-refractivity contribution in [3.8, 4) is 0 Å². The van der Waals surface area contributed by atoms with Crippen molar-refractivity contribution in [1.29, 1.82) is 0 Å². The average molecular weight is 233 g/mol. The lowest BCUT2D eigenvalue weighted by atomic mass is 9.97. The molecule has 0 aromatic rings. The molecular weight excluding hydrogens is 214 g/mol. The fraction of sp³-hybridized carbons (Fsp3) is 0.900. The topological polar surface area (TPSA) is 72.5 Å². The molecule has 0 saturated heterocycles. The Kier molecular flexibility index (Phi) is 5.42. The summed E-state index contributed by atoms with van der Waals surface area (Å²) < 4.78 is 4.54. The van der Waals surface area contributed by atoms with Gasteiger partial charge in [-0.3, -0.25) is 4.79 Å². The van der Waals surface area contributed by atoms with Crippen molar-refractivity contribution in [2.45, 2.75) is 43.1 Å². The molecule has 0 aromatic heterocycles. The van der Waals surface area contributed by atoms with Gasteiger partial charge in [0.1, 0.15) is 6.04 Å². The third-order valence-corrected chi connectivity index (χ3v) is 4.19. The van der Waals surface area contributed by atoms with E-state index in [2.05, 4.69) is 4.74 Å². The molecule has 0 amide bonds. The number of methoxy groups -OCH3 is 1. The van der Waals surface area contributed by atoms with E-state index in [0.717, 1.165) is 25.7 Å². The van der Waals surface area contributed by atoms with E-state index in [-0.39, 0.29) is 17.3 Å². The standard InChI is InChI=1S/C10H19NO3S/c1-14-10(13)7(11)6-15-9-5-3-2-4-8(9)12/h7-9,12H,2-6,11H2,1H3. The lowest BCUT2D eigenvalue weighted by Gasteiger charge is -2.27. The lowest BCUT2D eigenvalue weighted by Crippen LogP contribution is -2.36. The number of carbonyl (C=O) groups is 1. The molecule has 88 valence electrons. The summed E-state index contributed by atoms with van der Waals surface area (Å²) in [5.41, 5.74) is 5.61. The minimum absolute atomic E-state index is 0.231. The normalized spacial score (nSPS) is 28.5. The number of aliphatic hydroxyl groups excluding tert-OH is 1. The Bertz CT molecular complexity index is 213. The van der Waals surface area contributed by atoms with Crippen LogP contribution in [0.1, 0.15) is 25.7 Å². The van der Waals surface area contributed by atoms with Gasteiger partial charge in [0, 0.05) is 11.0 Å². The fourth-order valence-corrected chi connectivity index (χ4v) is 3.00. The molecule has 1 fully saturated rings. The van der Waals surface area contributed by atoms with Crippen LogP contribution in [0.15, 0.2) is 0 Å². The van der Waals surface area contributed by atoms with Crippen LogP contribution >= 0.6 is 11.8 Å². The third-order valence-electron chi connectivity index (χ3n) is 2.66. The molecule has 0 radical (unpaired) electrons. The van der Waals surface area contributed by atoms with Gasteiger partial charge in [-0.1, -0.05) is 12.8 Å². The Hall–Kier alpha value is -0.260. The van der Waals surface area contributed by atoms with E-state index in [0.29, 0.717) is 5.75 Å². The summed E-state index contributed by atoms with van der Waals surface area (Å²) >= 11 is 1.58. The van der Waals surface area contributed by atoms with Gasteiger partial charge in [-0.2, -0.15) is 11.8 Å². The lowest BCUT2D eigenvalue weighted by molar-refractivity contribution is -0.141. The number of hydrogen-bond acceptors (Lipinski definition) is 5. The number of aliphatic hydroxyl groups is 1. The van der Waals surface area contributed by atoms with E-state index < -0.39 is 6.04 Å². The molecule has 0 heterocycles. The van der Waals surface area contributed by atoms with Gasteiger partial charge < -0.3 is 15.6 Å². The van der Waals surface area contributed by atoms with Crippen molar-refractivity contribution in [3.05, 3.63) is 0 Å². The monoisotopic (exact) mass is 233 g/mol. The second-order valence-electron chi connectivity index (χ2n) is 3.85. The van der Waals surface area contributed by atoms with E-state index >= 15 is 0 Å². The van der Waals surface area contributed by atoms with Crippen molar-refractivity contribution >= 4 is 17.7 Å². The highest BCUT2D eigenvalue weighted by Crippen LogP contribution is 2.28. The number of ether oxygens (including phenoxy) is 1. The van der Waals surface area contributed by atoms with Gasteiger partial charge >= 0.3 is 5.97 Å². The number of rotatable bonds is 4. The number of hydrogen-bond donors (Lipinski definition) is 2. The highest BCUT2D eigenvalue weighted by molar-refractivity contribution is 8.00. The Morgan fingerprint density at radius 3 is 2.87 bits per heavy atom. The number of carbonyl (C=O) groups excluding carboxylic acids is 1. The molecule has 5 heteroatoms. The Morgan fingerprint density at radius 2 is 2.27 bits per heavy atom. The molecule has 1 aliphatic rings. The molecule has 0 aromatic carbocycles. The van der Waals surface area contributed by atoms with Gasteiger partial charge in [-0.15, -0.1) is 0 Å². The van der Waals surface area contributed by atoms with Crippen LogP contribution in [0.3, 0.4) is 0 Å². The molecule has 4 nitrogen and oxygen atoms in total. The molecule has 1 saturated carbocycles. The minimum Gasteiger partial charge on any atom is -0.468 e. The molecule has 1 rings (SSSR count). The third kappa shape index (κ3) is 4.01. The largest absolute Gasteiger partial charge is 0.468 e. The van der Waals surface area contributed by atoms with Gasteiger partial charge in [-0.25, -0.2) is 0 Å². The Labute approximate surface area is 94.6 Å². The SMILES string of the molecule is COC(=O)C(N)CSC1CCCCC1O. The smallest absolute Gasteiger partial charge is 0.323 e. The molecule has 3 unspecified atom stereocenters. The van der Waals surface area contributed by atoms with Crippen LogP contribution in [0.25, 0.3) is 0 Å². The van der Waals surface area contributed by atoms with E-state index in [4.69, 9.17) is 5.73 Å². The number of thioether (sulfide) groups is 1. The van der Waals surface area contributed by atoms with Crippen LogP contribution in [0.4, 0.5) is 0 Å². The second-order valence-corrected chi connectivity index (χ2v) is 5.13. The van der Waals surface area contributed by atoms with Gasteiger partial charge in [0.05, 0.1) is 13.2 Å². The summed E-state index contributed by atoms with van der Waals surface area (Å²) in [6.07, 6.45) is 3.89. The van der Waals surface area contributed by atoms with Crippen LogP contribution in [-0.2, 0) is 9.53 Å². The van der Waals surface area contributed by atoms with Crippen molar-refractivity contribution in [1.82, 2.24) is 0 Å². The highest BCUT2D eigenvalue weighted by Gasteiger charge is 2.25. The maximum absolute atomic E-state index is 11.0. The van der Waals surface area contributed by atoms with Crippen LogP contribution in [0, 0.1) is 0 Å². The Morgan fingerprint density at radius 1 is 1.60 bits per heavy atom. The molecule has 3 atom stereocenters. The average Bonchev–Trinajstić information content (AvgIpc) is 2.26. The van der Waals surface area contributed by atoms with E-state index in [1.54, 1.807) is 11.8 Å². The van der Waals surface area contributed by atoms with E-state index in [1.165, 1.54) is 7.11 Å². The zero-order valence-electron chi connectivity index (χ0n) is 9.02. The molecular formula is C10H19NO3S. The van der Waals surface area contributed by atoms with Crippen molar-refractivity contribution in [2.24, 2.45) is 5.73 Å². The van der Waals surface area contributed by atoms with E-state index in [9.17, 15) is 9.90 Å². The fourth-order valence-electron chi connectivity index (χ4n) is 1.72. The van der Waals surface area contributed by atoms with Gasteiger partial charge in [0.2, 0.25) is 0 Å². The maximum Gasteiger partial charge on any atom is 0.323 e. The molecule has 0 bridgehead atoms. The molecule has 1 aliphatic carbocycles. The number of nitrogens with two attached hydrogens (primary N) is 1. The first-order chi connectivity index (χ1) is 7.15. The molecule has 0 spiro atoms. The van der Waals surface area contributed by atoms with E-state index in [1.807, 2.05) is 0 Å². The maximum atomic E-state index is 11.0. The van der Waals surface area contributed by atoms with Gasteiger partial charge in [-0.05, 0) is 12.8 Å². The predicted octanol–water partition coefficient (Wildman–Crippen LogP) is 0.523. The summed E-state index contributed by atoms with van der Waals surface area (Å²) in [6, 6.07) is -0.575. The first-order valence-corrected chi connectivity index (χ1v) is 6.33. The zero-order valence-corrected chi connectivity index (χ0v) is 9.83. The summed E-state index contributed by atoms with van der Waals surface area (Å²) in [4.78, 5) is 11.0. The first kappa shape index (κ1) is 12.8. The Balaban J connectivity index is 2.26. The van der Waals surface area contributed by atoms with Gasteiger partial charge in [0.15, 0.2) is 0 Å².